The van der Waals surface area contributed by atoms with Crippen LogP contribution in [0.1, 0.15) is 84.3 Å². The predicted molar refractivity (Wildman–Crippen MR) is 195 cm³/mol. The fourth-order valence-electron chi connectivity index (χ4n) is 0. The van der Waals surface area contributed by atoms with Gasteiger partial charge in [0.15, 0.2) is 0 Å². The van der Waals surface area contributed by atoms with E-state index in [-0.39, 0.29) is 472 Å². The summed E-state index contributed by atoms with van der Waals surface area (Å²) in [5, 5.41) is 0. The third-order valence-corrected chi connectivity index (χ3v) is 0. The molecule has 0 amide bonds. The van der Waals surface area contributed by atoms with Crippen molar-refractivity contribution in [2.75, 3.05) is 0 Å². The van der Waals surface area contributed by atoms with Crippen LogP contribution < -0.4 is 121 Å². The molecule has 0 bridgehead atoms. The molecule has 0 aromatic heterocycles. The Hall–Kier alpha value is 11.5. The van der Waals surface area contributed by atoms with Crippen molar-refractivity contribution in [3.05, 3.63) is 0 Å². The topological polar surface area (TPSA) is 105 Å². The molecule has 0 heterocycles. The molecule has 0 aromatic carbocycles. The maximum atomic E-state index is 0. The van der Waals surface area contributed by atoms with Gasteiger partial charge in [-0.15, -0.1) is 24.0 Å². The molecular weight excluding hydrogens is 1140 g/mol. The van der Waals surface area contributed by atoms with E-state index < -0.39 is 0 Å². The van der Waals surface area contributed by atoms with E-state index in [9.17, 15) is 0 Å². The normalized spacial score (nSPS) is 0. The number of halogens is 1. The van der Waals surface area contributed by atoms with Crippen molar-refractivity contribution in [2.24, 2.45) is 0 Å². The second kappa shape index (κ2) is 478. The Bertz CT molecular complexity index is 109. The Labute approximate surface area is 461 Å². The molecule has 0 saturated carbocycles. The zero-order valence-corrected chi connectivity index (χ0v) is 42.1. The fourth-order valence-corrected chi connectivity index (χ4v) is 0. The summed E-state index contributed by atoms with van der Waals surface area (Å²) in [6, 6.07) is 0. The maximum absolute atomic E-state index is 0. The summed E-state index contributed by atoms with van der Waals surface area (Å²) in [4.78, 5) is 0. The van der Waals surface area contributed by atoms with Crippen molar-refractivity contribution >= 4 is 125 Å². The van der Waals surface area contributed by atoms with Crippen LogP contribution in [0.4, 0.5) is 0 Å². The molecule has 0 aliphatic heterocycles. The molecule has 20 heteroatoms. The first-order chi connectivity index (χ1) is 0. The van der Waals surface area contributed by atoms with Crippen LogP contribution in [-0.4, -0.2) is 0 Å². The first-order valence-corrected chi connectivity index (χ1v) is 0. The third-order valence-electron chi connectivity index (χ3n) is 0. The molecule has 0 saturated heterocycles. The minimum atomic E-state index is 0. The Morgan fingerprint density at radius 2 is 0.400 bits per heavy atom. The van der Waals surface area contributed by atoms with Gasteiger partial charge in [-0.2, -0.15) is 101 Å². The third kappa shape index (κ3) is 443. The first-order valence-electron chi connectivity index (χ1n) is 0. The quantitative estimate of drug-likeness (QED) is 0.196. The van der Waals surface area contributed by atoms with E-state index in [2.05, 4.69) is 0 Å². The van der Waals surface area contributed by atoms with Gasteiger partial charge in [0.1, 0.15) is 0 Å². The van der Waals surface area contributed by atoms with E-state index in [4.69, 9.17) is 0 Å². The van der Waals surface area contributed by atoms with Crippen molar-refractivity contribution in [3.8, 4) is 0 Å². The number of hydrogen-bond acceptors (Lipinski definition) is 3. The van der Waals surface area contributed by atoms with Gasteiger partial charge < -0.3 is 21.3 Å². The van der Waals surface area contributed by atoms with Crippen LogP contribution in [0.15, 0.2) is 0 Å². The Morgan fingerprint density at radius 1 is 0.400 bits per heavy atom. The number of hydrogen-bond donors (Lipinski definition) is 3. The molecule has 0 spiro atoms. The van der Waals surface area contributed by atoms with E-state index in [0.717, 1.165) is 0 Å². The van der Waals surface area contributed by atoms with Crippen LogP contribution in [0.3, 0.4) is 0 Å². The molecule has 3 nitrogen and oxygen atoms in total. The van der Waals surface area contributed by atoms with Crippen LogP contribution in [0, 0.1) is 0 Å². The molecule has 0 rings (SSSR count). The van der Waals surface area contributed by atoms with E-state index >= 15 is 0 Å². The molecule has 2 atom stereocenters. The Morgan fingerprint density at radius 3 is 0.400 bits per heavy atom. The average molecular weight is 1230 g/mol. The summed E-state index contributed by atoms with van der Waals surface area (Å²) in [7, 11) is 0. The zero-order valence-electron chi connectivity index (χ0n) is 13.8. The minimum absolute atomic E-state index is 0. The van der Waals surface area contributed by atoms with Crippen LogP contribution in [0.5, 0.6) is 0 Å². The van der Waals surface area contributed by atoms with Gasteiger partial charge in [0, 0.05) is 149 Å². The Kier molecular flexibility index (Phi) is 8210. The fraction of sp³-hybridized carbons (Fsp3) is 1.00. The molecule has 217 valence electrons. The zero-order chi connectivity index (χ0) is 0. The molecule has 2 unspecified atom stereocenters. The van der Waals surface area contributed by atoms with Gasteiger partial charge in [0.2, 0.25) is 0 Å². The molecule has 5 radical (unpaired) electrons. The Balaban J connectivity index is 0. The first kappa shape index (κ1) is 515. The van der Waals surface area contributed by atoms with Crippen LogP contribution in [0.2, 0.25) is 0 Å². The molecule has 0 aliphatic carbocycles. The molecule has 9 N–H and O–H groups in total. The van der Waals surface area contributed by atoms with Gasteiger partial charge in [-0.1, -0.05) is 74.3 Å². The molecule has 0 fully saturated rings. The second-order valence-electron chi connectivity index (χ2n) is 0. The van der Waals surface area contributed by atoms with Crippen molar-refractivity contribution < 1.29 is 255 Å². The van der Waals surface area contributed by atoms with Crippen molar-refractivity contribution in [1.82, 2.24) is 18.5 Å². The average Bonchev–Trinajstić information content (AvgIpc) is 0. The van der Waals surface area contributed by atoms with Gasteiger partial charge in [-0.25, -0.2) is 0 Å². The molecular formula is C10H80IK2N3P2S6V3WY2. The molecule has 0 aromatic rings. The van der Waals surface area contributed by atoms with E-state index in [1.165, 1.54) is 0 Å². The van der Waals surface area contributed by atoms with E-state index in [1.54, 1.807) is 0 Å². The van der Waals surface area contributed by atoms with Crippen molar-refractivity contribution in [2.45, 2.75) is 74.3 Å². The standard InChI is InChI=1S/10CH4.HI.2K.3H3N.2H3P.6H2S.3V.W.2Y.5H2.2H/h10*1H4;1H;;;5*1H3;6*1H2;;;;;;;5*1H;;/q;;;;;;;;;;;2*+1;;;;;;;;;;;;;;;;;;;;;;;2*-1/i;;;;;;;;;;;;;;;;;;;;;;;;;;;;;;4*1+2;1+1;;. The van der Waals surface area contributed by atoms with Gasteiger partial charge in [-0.05, 0) is 0 Å². The molecule has 30 heavy (non-hydrogen) atoms. The summed E-state index contributed by atoms with van der Waals surface area (Å²) in [5.41, 5.74) is 0. The summed E-state index contributed by atoms with van der Waals surface area (Å²) in [6.07, 6.45) is 0. The largest absolute Gasteiger partial charge is 1.00 e. The van der Waals surface area contributed by atoms with Gasteiger partial charge in [0.25, 0.3) is 0 Å². The van der Waals surface area contributed by atoms with E-state index in [1.807, 2.05) is 0 Å². The summed E-state index contributed by atoms with van der Waals surface area (Å²) < 4.78 is 0. The molecule has 0 aliphatic rings. The number of rotatable bonds is 0. The summed E-state index contributed by atoms with van der Waals surface area (Å²) in [5.74, 6) is 0. The smallest absolute Gasteiger partial charge is 1.00 e. The van der Waals surface area contributed by atoms with Gasteiger partial charge >= 0.3 is 103 Å². The minimum Gasteiger partial charge on any atom is -1.00 e. The van der Waals surface area contributed by atoms with E-state index in [0.29, 0.717) is 0 Å². The summed E-state index contributed by atoms with van der Waals surface area (Å²) >= 11 is 0. The second-order valence-corrected chi connectivity index (χ2v) is 0. The van der Waals surface area contributed by atoms with Gasteiger partial charge in [0.05, 0.1) is 0 Å². The van der Waals surface area contributed by atoms with Crippen LogP contribution in [-0.2, 0) is 142 Å². The SMILES string of the molecule is C.C.C.C.C.C.C.C.C.C.I.N.N.N.P.P.S.S.S.S.S.S.[2HH].[3HH].[3HH].[3HH].[3HH].[H-].[H-].[K+].[K+].[V].[V].[V].[W].[Y].[Y]. The van der Waals surface area contributed by atoms with Crippen LogP contribution >= 0.6 is 125 Å². The predicted octanol–water partition coefficient (Wildman–Crippen LogP) is 3.71. The van der Waals surface area contributed by atoms with Gasteiger partial charge in [-0.3, -0.25) is 0 Å². The monoisotopic (exact) mass is 1220 g/mol. The van der Waals surface area contributed by atoms with Crippen molar-refractivity contribution in [3.63, 3.8) is 0 Å². The summed E-state index contributed by atoms with van der Waals surface area (Å²) in [6.45, 7) is 0. The van der Waals surface area contributed by atoms with Crippen LogP contribution in [0.25, 0.3) is 0 Å². The maximum Gasteiger partial charge on any atom is 1.00 e. The van der Waals surface area contributed by atoms with Crippen molar-refractivity contribution in [1.29, 1.82) is 0 Å².